The topological polar surface area (TPSA) is 64.1 Å². The summed E-state index contributed by atoms with van der Waals surface area (Å²) in [5.74, 6) is 0.331. The molecular formula is C20H20ClNO3S. The van der Waals surface area contributed by atoms with Crippen LogP contribution in [0.1, 0.15) is 47.7 Å². The van der Waals surface area contributed by atoms with E-state index < -0.39 is 9.84 Å². The van der Waals surface area contributed by atoms with Gasteiger partial charge in [0, 0.05) is 16.5 Å². The Bertz CT molecular complexity index is 953. The average molecular weight is 390 g/mol. The second-order valence-electron chi connectivity index (χ2n) is 7.21. The fraction of sp³-hybridized carbons (Fsp3) is 0.400. The van der Waals surface area contributed by atoms with Crippen molar-refractivity contribution >= 4 is 27.2 Å². The maximum Gasteiger partial charge on any atom is 0.184 e. The van der Waals surface area contributed by atoms with E-state index in [4.69, 9.17) is 16.6 Å². The minimum atomic E-state index is -2.99. The van der Waals surface area contributed by atoms with Crippen LogP contribution in [-0.4, -0.2) is 30.7 Å². The van der Waals surface area contributed by atoms with Crippen molar-refractivity contribution in [3.05, 3.63) is 52.7 Å². The van der Waals surface area contributed by atoms with E-state index in [-0.39, 0.29) is 23.2 Å². The summed E-state index contributed by atoms with van der Waals surface area (Å²) >= 11 is 6.09. The first-order valence-corrected chi connectivity index (χ1v) is 11.1. The number of hydrogen-bond acceptors (Lipinski definition) is 4. The molecule has 0 radical (unpaired) electrons. The zero-order valence-electron chi connectivity index (χ0n) is 14.3. The lowest BCUT2D eigenvalue weighted by molar-refractivity contribution is 0.0906. The molecule has 0 atom stereocenters. The monoisotopic (exact) mass is 389 g/mol. The van der Waals surface area contributed by atoms with Gasteiger partial charge in [-0.1, -0.05) is 29.8 Å². The molecule has 0 bridgehead atoms. The summed E-state index contributed by atoms with van der Waals surface area (Å²) in [6.07, 6.45) is 2.96. The zero-order valence-corrected chi connectivity index (χ0v) is 15.9. The Balaban J connectivity index is 1.69. The first kappa shape index (κ1) is 17.7. The molecule has 1 aromatic carbocycles. The van der Waals surface area contributed by atoms with Crippen molar-refractivity contribution < 1.29 is 13.2 Å². The molecule has 26 heavy (non-hydrogen) atoms. The first-order chi connectivity index (χ1) is 12.4. The number of Topliss-reactive ketones (excluding diaryl/α,β-unsaturated/α-hetero) is 1. The van der Waals surface area contributed by atoms with Gasteiger partial charge in [0.25, 0.3) is 0 Å². The number of sulfone groups is 1. The van der Waals surface area contributed by atoms with E-state index in [1.54, 1.807) is 6.07 Å². The van der Waals surface area contributed by atoms with Crippen LogP contribution in [-0.2, 0) is 9.84 Å². The number of aromatic nitrogens is 1. The lowest BCUT2D eigenvalue weighted by Gasteiger charge is -2.21. The van der Waals surface area contributed by atoms with Crippen molar-refractivity contribution in [3.63, 3.8) is 0 Å². The second kappa shape index (κ2) is 6.78. The minimum absolute atomic E-state index is 0.00863. The Morgan fingerprint density at radius 1 is 1.04 bits per heavy atom. The molecule has 2 fully saturated rings. The summed E-state index contributed by atoms with van der Waals surface area (Å²) in [5, 5.41) is 0.626. The van der Waals surface area contributed by atoms with Crippen LogP contribution in [0, 0.1) is 5.92 Å². The van der Waals surface area contributed by atoms with Gasteiger partial charge in [0.2, 0.25) is 0 Å². The summed E-state index contributed by atoms with van der Waals surface area (Å²) < 4.78 is 23.3. The van der Waals surface area contributed by atoms with Crippen molar-refractivity contribution in [2.75, 3.05) is 11.5 Å². The molecule has 0 N–H and O–H groups in total. The van der Waals surface area contributed by atoms with Crippen LogP contribution in [0.3, 0.4) is 0 Å². The summed E-state index contributed by atoms with van der Waals surface area (Å²) in [6.45, 7) is 0. The fourth-order valence-electron chi connectivity index (χ4n) is 3.55. The third kappa shape index (κ3) is 3.69. The lowest BCUT2D eigenvalue weighted by Crippen LogP contribution is -2.29. The third-order valence-electron chi connectivity index (χ3n) is 5.22. The van der Waals surface area contributed by atoms with E-state index in [0.717, 1.165) is 29.7 Å². The van der Waals surface area contributed by atoms with Crippen LogP contribution in [0.15, 0.2) is 36.4 Å². The molecule has 1 aliphatic carbocycles. The highest BCUT2D eigenvalue weighted by Gasteiger charge is 2.34. The van der Waals surface area contributed by atoms with Crippen LogP contribution < -0.4 is 0 Å². The van der Waals surface area contributed by atoms with Gasteiger partial charge < -0.3 is 0 Å². The zero-order chi connectivity index (χ0) is 18.3. The van der Waals surface area contributed by atoms with Gasteiger partial charge in [0.15, 0.2) is 5.78 Å². The number of ketones is 1. The number of benzene rings is 1. The highest BCUT2D eigenvalue weighted by Crippen LogP contribution is 2.42. The SMILES string of the molecule is O=C(c1nc(-c2cccc(Cl)c2)ccc1C1CC1)C1CCS(=O)(=O)CC1. The number of hydrogen-bond donors (Lipinski definition) is 0. The summed E-state index contributed by atoms with van der Waals surface area (Å²) in [7, 11) is -2.99. The number of halogens is 1. The van der Waals surface area contributed by atoms with Crippen molar-refractivity contribution in [3.8, 4) is 11.3 Å². The van der Waals surface area contributed by atoms with Crippen LogP contribution >= 0.6 is 11.6 Å². The largest absolute Gasteiger partial charge is 0.292 e. The molecule has 1 aliphatic heterocycles. The van der Waals surface area contributed by atoms with Gasteiger partial charge in [0.05, 0.1) is 17.2 Å². The number of pyridine rings is 1. The highest BCUT2D eigenvalue weighted by atomic mass is 35.5. The Kier molecular flexibility index (Phi) is 4.61. The lowest BCUT2D eigenvalue weighted by atomic mass is 9.91. The van der Waals surface area contributed by atoms with Crippen molar-refractivity contribution in [1.29, 1.82) is 0 Å². The quantitative estimate of drug-likeness (QED) is 0.732. The van der Waals surface area contributed by atoms with Gasteiger partial charge >= 0.3 is 0 Å². The van der Waals surface area contributed by atoms with Gasteiger partial charge in [-0.15, -0.1) is 0 Å². The molecule has 1 aromatic heterocycles. The fourth-order valence-corrected chi connectivity index (χ4v) is 5.23. The number of nitrogens with zero attached hydrogens (tertiary/aromatic N) is 1. The molecule has 2 aliphatic rings. The van der Waals surface area contributed by atoms with Gasteiger partial charge in [-0.05, 0) is 55.4 Å². The predicted molar refractivity (Wildman–Crippen MR) is 102 cm³/mol. The smallest absolute Gasteiger partial charge is 0.184 e. The number of rotatable bonds is 4. The van der Waals surface area contributed by atoms with E-state index in [9.17, 15) is 13.2 Å². The first-order valence-electron chi connectivity index (χ1n) is 8.94. The van der Waals surface area contributed by atoms with E-state index >= 15 is 0 Å². The molecule has 1 saturated carbocycles. The molecule has 0 amide bonds. The van der Waals surface area contributed by atoms with Gasteiger partial charge in [-0.2, -0.15) is 0 Å². The summed E-state index contributed by atoms with van der Waals surface area (Å²) in [4.78, 5) is 17.8. The van der Waals surface area contributed by atoms with Gasteiger partial charge in [0.1, 0.15) is 15.5 Å². The van der Waals surface area contributed by atoms with Crippen molar-refractivity contribution in [1.82, 2.24) is 4.98 Å². The molecule has 1 saturated heterocycles. The maximum atomic E-state index is 13.1. The van der Waals surface area contributed by atoms with E-state index in [1.807, 2.05) is 30.3 Å². The molecule has 136 valence electrons. The van der Waals surface area contributed by atoms with E-state index in [0.29, 0.717) is 29.5 Å². The van der Waals surface area contributed by atoms with Crippen LogP contribution in [0.4, 0.5) is 0 Å². The average Bonchev–Trinajstić information content (AvgIpc) is 3.46. The van der Waals surface area contributed by atoms with Crippen LogP contribution in [0.2, 0.25) is 5.02 Å². The second-order valence-corrected chi connectivity index (χ2v) is 9.95. The van der Waals surface area contributed by atoms with E-state index in [1.165, 1.54) is 0 Å². The summed E-state index contributed by atoms with van der Waals surface area (Å²) in [6, 6.07) is 11.4. The molecule has 2 aromatic rings. The minimum Gasteiger partial charge on any atom is -0.292 e. The van der Waals surface area contributed by atoms with Crippen molar-refractivity contribution in [2.45, 2.75) is 31.6 Å². The number of carbonyl (C=O) groups is 1. The molecule has 4 rings (SSSR count). The molecule has 4 nitrogen and oxygen atoms in total. The van der Waals surface area contributed by atoms with Crippen LogP contribution in [0.25, 0.3) is 11.3 Å². The maximum absolute atomic E-state index is 13.1. The molecule has 6 heteroatoms. The van der Waals surface area contributed by atoms with Gasteiger partial charge in [-0.25, -0.2) is 13.4 Å². The Morgan fingerprint density at radius 2 is 1.77 bits per heavy atom. The standard InChI is InChI=1S/C20H20ClNO3S/c21-16-3-1-2-15(12-16)18-7-6-17(13-4-5-13)19(22-18)20(23)14-8-10-26(24,25)11-9-14/h1-3,6-7,12-14H,4-5,8-11H2. The Labute approximate surface area is 158 Å². The van der Waals surface area contributed by atoms with Crippen molar-refractivity contribution in [2.24, 2.45) is 5.92 Å². The Hall–Kier alpha value is -1.72. The normalized spacial score (nSPS) is 20.0. The Morgan fingerprint density at radius 3 is 2.42 bits per heavy atom. The molecule has 0 unspecified atom stereocenters. The molecule has 0 spiro atoms. The summed E-state index contributed by atoms with van der Waals surface area (Å²) in [5.41, 5.74) is 3.13. The van der Waals surface area contributed by atoms with E-state index in [2.05, 4.69) is 0 Å². The highest BCUT2D eigenvalue weighted by molar-refractivity contribution is 7.91. The number of carbonyl (C=O) groups excluding carboxylic acids is 1. The molecular weight excluding hydrogens is 370 g/mol. The van der Waals surface area contributed by atoms with Gasteiger partial charge in [-0.3, -0.25) is 4.79 Å². The predicted octanol–water partition coefficient (Wildman–Crippen LogP) is 4.29. The van der Waals surface area contributed by atoms with Crippen LogP contribution in [0.5, 0.6) is 0 Å². The third-order valence-corrected chi connectivity index (χ3v) is 7.17. The molecule has 2 heterocycles.